The Morgan fingerprint density at radius 1 is 0.814 bits per heavy atom. The van der Waals surface area contributed by atoms with Crippen LogP contribution < -0.4 is 10.6 Å². The lowest BCUT2D eigenvalue weighted by Gasteiger charge is -2.25. The lowest BCUT2D eigenvalue weighted by Crippen LogP contribution is -2.30. The average Bonchev–Trinajstić information content (AvgIpc) is 2.94. The topological polar surface area (TPSA) is 180 Å². The molecule has 14 heteroatoms. The highest BCUT2D eigenvalue weighted by Crippen LogP contribution is 2.26. The molecule has 0 aliphatic heterocycles. The third-order valence-electron chi connectivity index (χ3n) is 6.01. The Balaban J connectivity index is 1.56. The normalized spacial score (nSPS) is 10.5. The van der Waals surface area contributed by atoms with Gasteiger partial charge in [0.05, 0.1) is 24.6 Å². The van der Waals surface area contributed by atoms with E-state index in [0.29, 0.717) is 53.1 Å². The minimum Gasteiger partial charge on any atom is -0.460 e. The second-order valence-corrected chi connectivity index (χ2v) is 9.75. The van der Waals surface area contributed by atoms with E-state index in [1.54, 1.807) is 64.1 Å². The van der Waals surface area contributed by atoms with Crippen LogP contribution in [0.2, 0.25) is 0 Å². The van der Waals surface area contributed by atoms with Gasteiger partial charge in [0.2, 0.25) is 12.2 Å². The molecule has 0 aromatic heterocycles. The molecule has 0 heterocycles. The number of benzene rings is 2. The van der Waals surface area contributed by atoms with Crippen LogP contribution in [0.4, 0.5) is 32.3 Å². The zero-order valence-corrected chi connectivity index (χ0v) is 24.4. The number of unbranched alkanes of at least 4 members (excludes halogenated alkanes) is 2. The zero-order chi connectivity index (χ0) is 31.7. The number of carbonyl (C=O) groups excluding carboxylic acids is 5. The summed E-state index contributed by atoms with van der Waals surface area (Å²) in [7, 11) is 0. The monoisotopic (exact) mass is 598 g/mol. The summed E-state index contributed by atoms with van der Waals surface area (Å²) in [5.74, 6) is -0.395. The Morgan fingerprint density at radius 3 is 1.98 bits per heavy atom. The maximum Gasteiger partial charge on any atom is 0.446 e. The second-order valence-electron chi connectivity index (χ2n) is 9.75. The maximum atomic E-state index is 12.2. The lowest BCUT2D eigenvalue weighted by molar-refractivity contribution is -0.480. The molecule has 0 atom stereocenters. The van der Waals surface area contributed by atoms with Crippen molar-refractivity contribution in [2.75, 3.05) is 23.8 Å². The number of hydrogen-bond acceptors (Lipinski definition) is 12. The van der Waals surface area contributed by atoms with E-state index in [0.717, 1.165) is 0 Å². The molecule has 43 heavy (non-hydrogen) atoms. The zero-order valence-electron chi connectivity index (χ0n) is 24.4. The first-order valence-corrected chi connectivity index (χ1v) is 13.3. The summed E-state index contributed by atoms with van der Waals surface area (Å²) >= 11 is 0. The fraction of sp³-hybridized carbons (Fsp3) is 0.414. The number of hydrogen-bond donors (Lipinski definition) is 2. The number of ether oxygens (including phenoxy) is 2. The van der Waals surface area contributed by atoms with Crippen molar-refractivity contribution in [1.29, 1.82) is 0 Å². The Labute approximate surface area is 248 Å². The predicted octanol–water partition coefficient (Wildman–Crippen LogP) is 6.17. The van der Waals surface area contributed by atoms with Gasteiger partial charge in [-0.25, -0.2) is 24.1 Å². The molecule has 0 radical (unpaired) electrons. The van der Waals surface area contributed by atoms with E-state index in [4.69, 9.17) is 14.4 Å². The van der Waals surface area contributed by atoms with E-state index in [1.807, 2.05) is 0 Å². The summed E-state index contributed by atoms with van der Waals surface area (Å²) in [6.07, 6.45) is 3.41. The molecule has 0 bridgehead atoms. The van der Waals surface area contributed by atoms with E-state index in [-0.39, 0.29) is 26.1 Å². The predicted molar refractivity (Wildman–Crippen MR) is 153 cm³/mol. The number of nitrogens with zero attached hydrogens (tertiary/aromatic N) is 2. The molecule has 14 nitrogen and oxygen atoms in total. The number of esters is 1. The van der Waals surface area contributed by atoms with Crippen molar-refractivity contribution in [1.82, 2.24) is 0 Å². The van der Waals surface area contributed by atoms with Crippen molar-refractivity contribution in [2.24, 2.45) is 9.98 Å². The molecule has 0 fully saturated rings. The van der Waals surface area contributed by atoms with Crippen LogP contribution in [-0.4, -0.2) is 49.1 Å². The van der Waals surface area contributed by atoms with Crippen molar-refractivity contribution in [2.45, 2.75) is 65.4 Å². The standard InChI is InChI=1S/C29H34N4O10/c1-20-22(30-18-34)10-8-12-24(20)32-27(37)39-17-15-29(3,4)41-26(36)14-6-5-7-16-40-43-42-28(38)33-25-13-9-11-23(21(25)2)31-19-35/h8-13H,5-7,14-17H2,1-4H3,(H,32,37)(H,33,38). The molecule has 2 rings (SSSR count). The number of nitrogens with one attached hydrogen (secondary N) is 2. The summed E-state index contributed by atoms with van der Waals surface area (Å²) in [4.78, 5) is 73.6. The van der Waals surface area contributed by atoms with Crippen molar-refractivity contribution in [3.05, 3.63) is 47.5 Å². The first-order chi connectivity index (χ1) is 20.6. The summed E-state index contributed by atoms with van der Waals surface area (Å²) in [5.41, 5.74) is 1.84. The van der Waals surface area contributed by atoms with Gasteiger partial charge >= 0.3 is 18.2 Å². The average molecular weight is 599 g/mol. The molecule has 2 amide bonds. The molecule has 0 saturated heterocycles. The smallest absolute Gasteiger partial charge is 0.446 e. The van der Waals surface area contributed by atoms with E-state index < -0.39 is 23.8 Å². The molecule has 0 unspecified atom stereocenters. The molecular formula is C29H34N4O10. The quantitative estimate of drug-likeness (QED) is 0.0566. The van der Waals surface area contributed by atoms with Gasteiger partial charge in [-0.2, -0.15) is 14.9 Å². The molecule has 2 aromatic carbocycles. The van der Waals surface area contributed by atoms with Crippen molar-refractivity contribution in [3.63, 3.8) is 0 Å². The molecule has 2 N–H and O–H groups in total. The maximum absolute atomic E-state index is 12.2. The molecule has 0 spiro atoms. The first kappa shape index (κ1) is 34.3. The van der Waals surface area contributed by atoms with Crippen molar-refractivity contribution < 1.29 is 48.3 Å². The van der Waals surface area contributed by atoms with Gasteiger partial charge in [-0.15, -0.1) is 0 Å². The highest BCUT2D eigenvalue weighted by Gasteiger charge is 2.23. The van der Waals surface area contributed by atoms with Gasteiger partial charge in [-0.05, 0) is 81.0 Å². The van der Waals surface area contributed by atoms with Crippen LogP contribution in [0.15, 0.2) is 46.4 Å². The van der Waals surface area contributed by atoms with Gasteiger partial charge in [-0.3, -0.25) is 15.4 Å². The number of carbonyl (C=O) groups is 3. The highest BCUT2D eigenvalue weighted by atomic mass is 17.5. The molecule has 0 aliphatic rings. The van der Waals surface area contributed by atoms with Gasteiger partial charge in [0.25, 0.3) is 0 Å². The van der Waals surface area contributed by atoms with E-state index in [9.17, 15) is 24.0 Å². The molecule has 2 aromatic rings. The van der Waals surface area contributed by atoms with E-state index in [2.05, 4.69) is 30.5 Å². The van der Waals surface area contributed by atoms with Crippen LogP contribution in [0.3, 0.4) is 0 Å². The fourth-order valence-corrected chi connectivity index (χ4v) is 3.63. The highest BCUT2D eigenvalue weighted by molar-refractivity contribution is 5.87. The number of isocyanates is 2. The van der Waals surface area contributed by atoms with Crippen LogP contribution in [0, 0.1) is 13.8 Å². The van der Waals surface area contributed by atoms with Gasteiger partial charge < -0.3 is 9.47 Å². The Hall–Kier alpha value is -4.87. The van der Waals surface area contributed by atoms with Crippen LogP contribution in [0.25, 0.3) is 0 Å². The largest absolute Gasteiger partial charge is 0.460 e. The lowest BCUT2D eigenvalue weighted by atomic mass is 10.1. The van der Waals surface area contributed by atoms with Crippen molar-refractivity contribution >= 4 is 53.1 Å². The fourth-order valence-electron chi connectivity index (χ4n) is 3.63. The molecule has 0 saturated carbocycles. The first-order valence-electron chi connectivity index (χ1n) is 13.3. The number of amides is 2. The second kappa shape index (κ2) is 17.8. The molecular weight excluding hydrogens is 564 g/mol. The van der Waals surface area contributed by atoms with Crippen molar-refractivity contribution in [3.8, 4) is 0 Å². The Kier molecular flexibility index (Phi) is 14.2. The Morgan fingerprint density at radius 2 is 1.40 bits per heavy atom. The van der Waals surface area contributed by atoms with Gasteiger partial charge in [-0.1, -0.05) is 18.6 Å². The van der Waals surface area contributed by atoms with Crippen LogP contribution in [0.1, 0.15) is 57.1 Å². The van der Waals surface area contributed by atoms with Gasteiger partial charge in [0, 0.05) is 24.2 Å². The number of anilines is 2. The summed E-state index contributed by atoms with van der Waals surface area (Å²) in [6, 6.07) is 9.69. The van der Waals surface area contributed by atoms with Crippen LogP contribution in [-0.2, 0) is 38.7 Å². The van der Waals surface area contributed by atoms with E-state index >= 15 is 0 Å². The SMILES string of the molecule is Cc1c(N=C=O)cccc1NC(=O)OCCC(C)(C)OC(=O)CCCCCOOOC(=O)Nc1cccc(N=C=O)c1C. The summed E-state index contributed by atoms with van der Waals surface area (Å²) in [6.45, 7) is 6.92. The van der Waals surface area contributed by atoms with Gasteiger partial charge in [0.1, 0.15) is 5.60 Å². The van der Waals surface area contributed by atoms with E-state index in [1.165, 1.54) is 12.2 Å². The number of aliphatic imine (C=N–C) groups is 2. The minimum atomic E-state index is -0.932. The van der Waals surface area contributed by atoms with Crippen LogP contribution in [0.5, 0.6) is 0 Å². The van der Waals surface area contributed by atoms with Gasteiger partial charge in [0.15, 0.2) is 0 Å². The third kappa shape index (κ3) is 12.7. The summed E-state index contributed by atoms with van der Waals surface area (Å²) < 4.78 is 10.7. The minimum absolute atomic E-state index is 0.00941. The number of rotatable bonds is 16. The molecule has 230 valence electrons. The summed E-state index contributed by atoms with van der Waals surface area (Å²) in [5, 5.41) is 9.47. The Bertz CT molecular complexity index is 1370. The third-order valence-corrected chi connectivity index (χ3v) is 6.01. The molecule has 0 aliphatic carbocycles. The van der Waals surface area contributed by atoms with Crippen LogP contribution >= 0.6 is 0 Å².